The predicted octanol–water partition coefficient (Wildman–Crippen LogP) is 25.8. The van der Waals surface area contributed by atoms with Crippen molar-refractivity contribution in [3.8, 4) is 135 Å². The Balaban J connectivity index is 0.631. The molecule has 0 atom stereocenters. The normalized spacial score (nSPS) is 11.8. The van der Waals surface area contributed by atoms with E-state index in [1.807, 2.05) is 97.3 Å². The maximum atomic E-state index is 6.74. The van der Waals surface area contributed by atoms with Crippen LogP contribution in [-0.4, -0.2) is 44.0 Å². The average molecular weight is 1430 g/mol. The van der Waals surface area contributed by atoms with Gasteiger partial charge in [0.05, 0.1) is 33.5 Å². The summed E-state index contributed by atoms with van der Waals surface area (Å²) in [5.74, 6) is 2.25. The summed E-state index contributed by atoms with van der Waals surface area (Å²) < 4.78 is 18.1. The van der Waals surface area contributed by atoms with Crippen molar-refractivity contribution >= 4 is 87.7 Å². The van der Waals surface area contributed by atoms with E-state index in [0.29, 0.717) is 34.5 Å². The number of benzene rings is 14. The summed E-state index contributed by atoms with van der Waals surface area (Å²) >= 11 is 0. The number of nitrogens with zero attached hydrogens (tertiary/aromatic N) is 9. The summed E-state index contributed by atoms with van der Waals surface area (Å²) in [5, 5.41) is 6.50. The zero-order valence-electron chi connectivity index (χ0n) is 60.1. The zero-order valence-corrected chi connectivity index (χ0v) is 60.1. The minimum Gasteiger partial charge on any atom is -0.454 e. The van der Waals surface area contributed by atoms with E-state index in [-0.39, 0.29) is 0 Å². The lowest BCUT2D eigenvalue weighted by Gasteiger charge is -2.15. The van der Waals surface area contributed by atoms with E-state index in [0.717, 1.165) is 178 Å². The van der Waals surface area contributed by atoms with Crippen LogP contribution in [-0.2, 0) is 0 Å². The summed E-state index contributed by atoms with van der Waals surface area (Å²) in [6, 6.07) is 125. The first-order chi connectivity index (χ1) is 55.5. The van der Waals surface area contributed by atoms with E-state index in [1.165, 1.54) is 10.8 Å². The van der Waals surface area contributed by atoms with E-state index in [4.69, 9.17) is 43.7 Å². The summed E-state index contributed by atoms with van der Waals surface area (Å²) in [6.07, 6.45) is 3.75. The molecule has 8 heterocycles. The number of aromatic nitrogens is 9. The van der Waals surface area contributed by atoms with Gasteiger partial charge in [-0.1, -0.05) is 243 Å². The molecule has 0 amide bonds. The number of rotatable bonds is 13. The number of furan rings is 2. The van der Waals surface area contributed by atoms with Crippen LogP contribution in [0.3, 0.4) is 0 Å². The summed E-state index contributed by atoms with van der Waals surface area (Å²) in [5.41, 5.74) is 28.1. The fourth-order valence-electron chi connectivity index (χ4n) is 16.3. The molecule has 0 unspecified atom stereocenters. The molecule has 112 heavy (non-hydrogen) atoms. The molecule has 14 aromatic carbocycles. The van der Waals surface area contributed by atoms with Gasteiger partial charge in [-0.3, -0.25) is 9.97 Å². The van der Waals surface area contributed by atoms with E-state index >= 15 is 0 Å². The summed E-state index contributed by atoms with van der Waals surface area (Å²) in [4.78, 5) is 36.6. The summed E-state index contributed by atoms with van der Waals surface area (Å²) in [7, 11) is 0. The largest absolute Gasteiger partial charge is 0.454 e. The van der Waals surface area contributed by atoms with Crippen LogP contribution in [0.25, 0.3) is 223 Å². The Morgan fingerprint density at radius 2 is 0.545 bits per heavy atom. The molecule has 0 bridgehead atoms. The standard InChI is InChI=1S/C101H61N9O2/c1-4-21-62(22-5-1)69-27-20-28-71(53-69)87-61-86(66-23-6-2-7-24-66)104-100(105-87)74-54-72(78-49-51-102-94-83-32-13-18-37-92(83)111-96(78)94)57-77(58-74)110-90-36-17-12-31-82(90)85-60-70(47-48-91(85)110)65-41-39-63(40-42-65)64-43-45-68(46-44-64)99-106-98(67-25-8-3-9-26-67)107-101(108-99)75-55-73(79-50-52-103-95-84-33-14-19-38-93(84)112-97(79)95)56-76(59-75)109-88-34-15-10-29-80(88)81-30-11-16-35-89(81)109/h1-61H. The van der Waals surface area contributed by atoms with Crippen LogP contribution in [0.4, 0.5) is 0 Å². The Hall–Kier alpha value is -15.3. The minimum absolute atomic E-state index is 0.534. The molecular formula is C101H61N9O2. The van der Waals surface area contributed by atoms with Crippen LogP contribution in [0.15, 0.2) is 379 Å². The minimum atomic E-state index is 0.534. The molecule has 11 nitrogen and oxygen atoms in total. The second kappa shape index (κ2) is 26.3. The molecule has 0 aliphatic heterocycles. The van der Waals surface area contributed by atoms with Crippen molar-refractivity contribution in [2.24, 2.45) is 0 Å². The first kappa shape index (κ1) is 63.9. The van der Waals surface area contributed by atoms with E-state index in [1.54, 1.807) is 0 Å². The highest BCUT2D eigenvalue weighted by Gasteiger charge is 2.24. The molecule has 522 valence electrons. The quantitative estimate of drug-likeness (QED) is 0.111. The van der Waals surface area contributed by atoms with Crippen molar-refractivity contribution in [3.05, 3.63) is 370 Å². The molecule has 8 aromatic heterocycles. The number of hydrogen-bond acceptors (Lipinski definition) is 9. The molecule has 0 radical (unpaired) electrons. The molecule has 0 spiro atoms. The average Bonchev–Trinajstić information content (AvgIpc) is 1.57. The monoisotopic (exact) mass is 1430 g/mol. The van der Waals surface area contributed by atoms with Crippen molar-refractivity contribution in [3.63, 3.8) is 0 Å². The van der Waals surface area contributed by atoms with E-state index in [2.05, 4.69) is 282 Å². The van der Waals surface area contributed by atoms with Gasteiger partial charge in [0.1, 0.15) is 22.2 Å². The Morgan fingerprint density at radius 3 is 1.07 bits per heavy atom. The van der Waals surface area contributed by atoms with Gasteiger partial charge in [-0.25, -0.2) is 24.9 Å². The molecular weight excluding hydrogens is 1370 g/mol. The molecule has 0 aliphatic carbocycles. The third-order valence-corrected chi connectivity index (χ3v) is 21.7. The molecule has 0 saturated carbocycles. The first-order valence-corrected chi connectivity index (χ1v) is 37.5. The second-order valence-corrected chi connectivity index (χ2v) is 28.4. The second-order valence-electron chi connectivity index (χ2n) is 28.4. The summed E-state index contributed by atoms with van der Waals surface area (Å²) in [6.45, 7) is 0. The van der Waals surface area contributed by atoms with E-state index < -0.39 is 0 Å². The highest BCUT2D eigenvalue weighted by molar-refractivity contribution is 6.13. The van der Waals surface area contributed by atoms with Gasteiger partial charge in [0.25, 0.3) is 0 Å². The number of fused-ring (bicyclic) bond motifs is 12. The third-order valence-electron chi connectivity index (χ3n) is 21.7. The fraction of sp³-hybridized carbons (Fsp3) is 0. The number of pyridine rings is 2. The molecule has 22 aromatic rings. The number of para-hydroxylation sites is 5. The molecule has 0 N–H and O–H groups in total. The SMILES string of the molecule is c1ccc(-c2cccc(-c3cc(-c4ccccc4)nc(-c4cc(-c5ccnc6c5oc5ccccc56)cc(-n5c6ccccc6c6cc(-c7ccc(-c8ccc(-c9nc(-c%10ccccc%10)nc(-c%10cc(-c%11ccnc%12c%11oc%11ccccc%11%12)cc(-n%11c%12ccccc%12c%12ccccc%12%11)c%10)n9)cc8)cc7)ccc65)c4)n3)c2)cc1. The van der Waals surface area contributed by atoms with Gasteiger partial charge in [0.2, 0.25) is 0 Å². The lowest BCUT2D eigenvalue weighted by Crippen LogP contribution is -2.02. The zero-order chi connectivity index (χ0) is 73.7. The van der Waals surface area contributed by atoms with Crippen LogP contribution < -0.4 is 0 Å². The number of hydrogen-bond donors (Lipinski definition) is 0. The van der Waals surface area contributed by atoms with Crippen molar-refractivity contribution in [2.75, 3.05) is 0 Å². The van der Waals surface area contributed by atoms with Crippen molar-refractivity contribution in [1.82, 2.24) is 44.0 Å². The van der Waals surface area contributed by atoms with Gasteiger partial charge >= 0.3 is 0 Å². The Labute approximate surface area is 642 Å². The Morgan fingerprint density at radius 1 is 0.205 bits per heavy atom. The molecule has 0 aliphatic rings. The lowest BCUT2D eigenvalue weighted by atomic mass is 9.98. The molecule has 0 saturated heterocycles. The molecule has 0 fully saturated rings. The van der Waals surface area contributed by atoms with Crippen LogP contribution in [0.5, 0.6) is 0 Å². The van der Waals surface area contributed by atoms with Crippen molar-refractivity contribution in [2.45, 2.75) is 0 Å². The van der Waals surface area contributed by atoms with Crippen LogP contribution >= 0.6 is 0 Å². The highest BCUT2D eigenvalue weighted by atomic mass is 16.3. The smallest absolute Gasteiger partial charge is 0.164 e. The van der Waals surface area contributed by atoms with E-state index in [9.17, 15) is 0 Å². The van der Waals surface area contributed by atoms with Gasteiger partial charge < -0.3 is 18.0 Å². The van der Waals surface area contributed by atoms with Gasteiger partial charge in [-0.2, -0.15) is 0 Å². The third kappa shape index (κ3) is 11.0. The van der Waals surface area contributed by atoms with Crippen molar-refractivity contribution in [1.29, 1.82) is 0 Å². The predicted molar refractivity (Wildman–Crippen MR) is 454 cm³/mol. The van der Waals surface area contributed by atoms with Gasteiger partial charge in [-0.05, 0) is 160 Å². The maximum absolute atomic E-state index is 6.74. The van der Waals surface area contributed by atoms with Gasteiger partial charge in [0, 0.05) is 101 Å². The molecule has 11 heteroatoms. The van der Waals surface area contributed by atoms with Crippen LogP contribution in [0.2, 0.25) is 0 Å². The van der Waals surface area contributed by atoms with Crippen LogP contribution in [0, 0.1) is 0 Å². The topological polar surface area (TPSA) is 126 Å². The lowest BCUT2D eigenvalue weighted by molar-refractivity contribution is 0.669. The van der Waals surface area contributed by atoms with Gasteiger partial charge in [-0.15, -0.1) is 0 Å². The maximum Gasteiger partial charge on any atom is 0.164 e. The van der Waals surface area contributed by atoms with Crippen LogP contribution in [0.1, 0.15) is 0 Å². The van der Waals surface area contributed by atoms with Crippen molar-refractivity contribution < 1.29 is 8.83 Å². The highest BCUT2D eigenvalue weighted by Crippen LogP contribution is 2.44. The molecule has 22 rings (SSSR count). The Kier molecular flexibility index (Phi) is 15.0. The van der Waals surface area contributed by atoms with Gasteiger partial charge in [0.15, 0.2) is 34.5 Å². The fourth-order valence-corrected chi connectivity index (χ4v) is 16.3. The first-order valence-electron chi connectivity index (χ1n) is 37.5. The Bertz CT molecular complexity index is 7440.